The number of rotatable bonds is 6. The molecule has 0 aromatic heterocycles. The molecular formula is C21H28O9. The van der Waals surface area contributed by atoms with Crippen molar-refractivity contribution >= 4 is 12.0 Å². The fraction of sp³-hybridized carbons (Fsp3) is 0.571. The molecule has 0 unspecified atom stereocenters. The highest BCUT2D eigenvalue weighted by Gasteiger charge is 2.48. The number of phenolic OH excluding ortho intramolecular Hbond substituents is 1. The number of aromatic hydroxyl groups is 1. The minimum absolute atomic E-state index is 0.0921. The maximum Gasteiger partial charge on any atom is 0.331 e. The van der Waals surface area contributed by atoms with Gasteiger partial charge in [-0.1, -0.05) is 25.0 Å². The van der Waals surface area contributed by atoms with Crippen molar-refractivity contribution in [2.24, 2.45) is 0 Å². The molecule has 30 heavy (non-hydrogen) atoms. The molecular weight excluding hydrogens is 396 g/mol. The van der Waals surface area contributed by atoms with Gasteiger partial charge in [0.25, 0.3) is 0 Å². The average Bonchev–Trinajstić information content (AvgIpc) is 2.74. The van der Waals surface area contributed by atoms with Gasteiger partial charge in [-0.25, -0.2) is 4.79 Å². The zero-order valence-corrected chi connectivity index (χ0v) is 16.4. The van der Waals surface area contributed by atoms with E-state index in [0.29, 0.717) is 18.4 Å². The highest BCUT2D eigenvalue weighted by molar-refractivity contribution is 5.87. The molecule has 7 atom stereocenters. The van der Waals surface area contributed by atoms with Gasteiger partial charge in [0.2, 0.25) is 0 Å². The summed E-state index contributed by atoms with van der Waals surface area (Å²) in [6.07, 6.45) is -2.59. The molecule has 5 N–H and O–H groups in total. The van der Waals surface area contributed by atoms with E-state index in [1.807, 2.05) is 0 Å². The summed E-state index contributed by atoms with van der Waals surface area (Å²) in [4.78, 5) is 12.3. The van der Waals surface area contributed by atoms with Crippen LogP contribution in [0.5, 0.6) is 5.75 Å². The predicted molar refractivity (Wildman–Crippen MR) is 104 cm³/mol. The topological polar surface area (TPSA) is 146 Å². The molecule has 1 aliphatic carbocycles. The molecule has 1 aliphatic heterocycles. The SMILES string of the molecule is O=C(C=Cc1ccc(O)cc1)O[C@@H]1[C@H](O[C@H]2CCCC[C@H]2O)O[C@H](CO)[C@@H](O)[C@@H]1O. The lowest BCUT2D eigenvalue weighted by molar-refractivity contribution is -0.320. The van der Waals surface area contributed by atoms with Gasteiger partial charge in [0.1, 0.15) is 24.1 Å². The van der Waals surface area contributed by atoms with Crippen LogP contribution in [0.3, 0.4) is 0 Å². The summed E-state index contributed by atoms with van der Waals surface area (Å²) in [7, 11) is 0. The van der Waals surface area contributed by atoms with E-state index in [1.165, 1.54) is 18.2 Å². The third-order valence-corrected chi connectivity index (χ3v) is 5.36. The molecule has 166 valence electrons. The van der Waals surface area contributed by atoms with Crippen molar-refractivity contribution in [3.8, 4) is 5.75 Å². The van der Waals surface area contributed by atoms with Crippen LogP contribution >= 0.6 is 0 Å². The molecule has 9 heteroatoms. The highest BCUT2D eigenvalue weighted by atomic mass is 16.7. The van der Waals surface area contributed by atoms with Crippen LogP contribution in [0.1, 0.15) is 31.2 Å². The number of hydrogen-bond donors (Lipinski definition) is 5. The third-order valence-electron chi connectivity index (χ3n) is 5.36. The molecule has 3 rings (SSSR count). The number of carbonyl (C=O) groups is 1. The van der Waals surface area contributed by atoms with Crippen molar-refractivity contribution in [3.05, 3.63) is 35.9 Å². The Labute approximate surface area is 174 Å². The second-order valence-corrected chi connectivity index (χ2v) is 7.56. The third kappa shape index (κ3) is 5.57. The lowest BCUT2D eigenvalue weighted by Crippen LogP contribution is -2.61. The van der Waals surface area contributed by atoms with Gasteiger partial charge in [-0.05, 0) is 36.6 Å². The summed E-state index contributed by atoms with van der Waals surface area (Å²) >= 11 is 0. The van der Waals surface area contributed by atoms with Crippen LogP contribution in [0.15, 0.2) is 30.3 Å². The summed E-state index contributed by atoms with van der Waals surface area (Å²) in [5, 5.41) is 49.5. The Morgan fingerprint density at radius 3 is 2.47 bits per heavy atom. The van der Waals surface area contributed by atoms with Crippen molar-refractivity contribution in [3.63, 3.8) is 0 Å². The van der Waals surface area contributed by atoms with Crippen LogP contribution < -0.4 is 0 Å². The molecule has 0 amide bonds. The Hall–Kier alpha value is -2.01. The molecule has 0 radical (unpaired) electrons. The number of aliphatic hydroxyl groups excluding tert-OH is 4. The van der Waals surface area contributed by atoms with Crippen molar-refractivity contribution in [1.29, 1.82) is 0 Å². The Bertz CT molecular complexity index is 720. The zero-order valence-electron chi connectivity index (χ0n) is 16.4. The van der Waals surface area contributed by atoms with E-state index in [2.05, 4.69) is 0 Å². The normalized spacial score (nSPS) is 34.7. The molecule has 9 nitrogen and oxygen atoms in total. The Kier molecular flexibility index (Phi) is 7.81. The van der Waals surface area contributed by atoms with Gasteiger partial charge in [-0.3, -0.25) is 0 Å². The number of ether oxygens (including phenoxy) is 3. The summed E-state index contributed by atoms with van der Waals surface area (Å²) < 4.78 is 16.6. The van der Waals surface area contributed by atoms with E-state index in [1.54, 1.807) is 12.1 Å². The van der Waals surface area contributed by atoms with Gasteiger partial charge in [0, 0.05) is 6.08 Å². The molecule has 0 bridgehead atoms. The first-order valence-corrected chi connectivity index (χ1v) is 10.0. The van der Waals surface area contributed by atoms with E-state index >= 15 is 0 Å². The van der Waals surface area contributed by atoms with Crippen LogP contribution in [0.4, 0.5) is 0 Å². The first-order valence-electron chi connectivity index (χ1n) is 10.0. The van der Waals surface area contributed by atoms with E-state index < -0.39 is 55.5 Å². The molecule has 1 heterocycles. The van der Waals surface area contributed by atoms with Crippen LogP contribution in [0.2, 0.25) is 0 Å². The maximum atomic E-state index is 12.3. The summed E-state index contributed by atoms with van der Waals surface area (Å²) in [6, 6.07) is 6.14. The van der Waals surface area contributed by atoms with Gasteiger partial charge >= 0.3 is 5.97 Å². The van der Waals surface area contributed by atoms with Crippen molar-refractivity contribution in [2.75, 3.05) is 6.61 Å². The summed E-state index contributed by atoms with van der Waals surface area (Å²) in [5.74, 6) is -0.710. The number of carbonyl (C=O) groups excluding carboxylic acids is 1. The molecule has 1 aromatic carbocycles. The van der Waals surface area contributed by atoms with E-state index in [0.717, 1.165) is 18.9 Å². The largest absolute Gasteiger partial charge is 0.508 e. The van der Waals surface area contributed by atoms with E-state index in [-0.39, 0.29) is 5.75 Å². The fourth-order valence-electron chi connectivity index (χ4n) is 3.62. The minimum atomic E-state index is -1.55. The standard InChI is InChI=1S/C21H28O9/c22-11-16-18(26)19(27)20(21(29-16)28-15-4-2-1-3-14(15)24)30-17(25)10-7-12-5-8-13(23)9-6-12/h5-10,14-16,18-24,26-27H,1-4,11H2/t14-,15+,16-,18-,19+,20+,21-/m1/s1. The van der Waals surface area contributed by atoms with Crippen molar-refractivity contribution < 1.29 is 44.5 Å². The summed E-state index contributed by atoms with van der Waals surface area (Å²) in [6.45, 7) is -0.563. The molecule has 0 spiro atoms. The first kappa shape index (κ1) is 22.7. The van der Waals surface area contributed by atoms with Crippen LogP contribution in [0, 0.1) is 0 Å². The average molecular weight is 424 g/mol. The number of phenols is 1. The predicted octanol–water partition coefficient (Wildman–Crippen LogP) is 0.0763. The molecule has 2 aliphatic rings. The van der Waals surface area contributed by atoms with Crippen LogP contribution in [0.25, 0.3) is 6.08 Å². The number of esters is 1. The maximum absolute atomic E-state index is 12.3. The molecule has 1 aromatic rings. The van der Waals surface area contributed by atoms with Crippen molar-refractivity contribution in [1.82, 2.24) is 0 Å². The number of aliphatic hydroxyl groups is 4. The van der Waals surface area contributed by atoms with Gasteiger partial charge in [-0.15, -0.1) is 0 Å². The smallest absolute Gasteiger partial charge is 0.331 e. The first-order chi connectivity index (χ1) is 14.4. The molecule has 1 saturated carbocycles. The lowest BCUT2D eigenvalue weighted by Gasteiger charge is -2.43. The lowest BCUT2D eigenvalue weighted by atomic mass is 9.94. The van der Waals surface area contributed by atoms with Gasteiger partial charge in [-0.2, -0.15) is 0 Å². The Morgan fingerprint density at radius 1 is 1.10 bits per heavy atom. The Balaban J connectivity index is 1.70. The number of benzene rings is 1. The zero-order chi connectivity index (χ0) is 21.7. The van der Waals surface area contributed by atoms with E-state index in [4.69, 9.17) is 14.2 Å². The van der Waals surface area contributed by atoms with Gasteiger partial charge in [0.15, 0.2) is 12.4 Å². The van der Waals surface area contributed by atoms with Crippen LogP contribution in [-0.4, -0.2) is 81.0 Å². The van der Waals surface area contributed by atoms with Crippen molar-refractivity contribution in [2.45, 2.75) is 68.6 Å². The fourth-order valence-corrected chi connectivity index (χ4v) is 3.62. The molecule has 1 saturated heterocycles. The van der Waals surface area contributed by atoms with Crippen LogP contribution in [-0.2, 0) is 19.0 Å². The monoisotopic (exact) mass is 424 g/mol. The second-order valence-electron chi connectivity index (χ2n) is 7.56. The highest BCUT2D eigenvalue weighted by Crippen LogP contribution is 2.29. The number of hydrogen-bond acceptors (Lipinski definition) is 9. The second kappa shape index (κ2) is 10.3. The molecule has 2 fully saturated rings. The van der Waals surface area contributed by atoms with Gasteiger partial charge in [0.05, 0.1) is 18.8 Å². The van der Waals surface area contributed by atoms with Gasteiger partial charge < -0.3 is 39.7 Å². The quantitative estimate of drug-likeness (QED) is 0.316. The minimum Gasteiger partial charge on any atom is -0.508 e. The summed E-state index contributed by atoms with van der Waals surface area (Å²) in [5.41, 5.74) is 0.642. The van der Waals surface area contributed by atoms with E-state index in [9.17, 15) is 30.3 Å². The Morgan fingerprint density at radius 2 is 1.80 bits per heavy atom.